The molecule has 0 bridgehead atoms. The zero-order valence-corrected chi connectivity index (χ0v) is 13.0. The van der Waals surface area contributed by atoms with Crippen molar-refractivity contribution in [3.05, 3.63) is 28.8 Å². The minimum absolute atomic E-state index is 0.273. The van der Waals surface area contributed by atoms with E-state index in [4.69, 9.17) is 11.6 Å². The first kappa shape index (κ1) is 15.6. The number of phenolic OH excluding ortho intramolecular Hbond substituents is 1. The first-order valence-corrected chi connectivity index (χ1v) is 7.94. The molecule has 20 heavy (non-hydrogen) atoms. The van der Waals surface area contributed by atoms with Crippen LogP contribution in [0.5, 0.6) is 5.75 Å². The first-order valence-electron chi connectivity index (χ1n) is 7.56. The molecule has 112 valence electrons. The molecule has 0 unspecified atom stereocenters. The Morgan fingerprint density at radius 1 is 1.35 bits per heavy atom. The standard InChI is InChI=1S/C16H25ClN2O/c1-13-6-10-19(11-7-13)9-3-8-18-12-14-15(17)4-2-5-16(14)20/h2,4-5,13,18,20H,3,6-12H2,1H3. The van der Waals surface area contributed by atoms with Crippen molar-refractivity contribution in [1.29, 1.82) is 0 Å². The summed E-state index contributed by atoms with van der Waals surface area (Å²) in [6, 6.07) is 5.25. The molecule has 0 radical (unpaired) electrons. The van der Waals surface area contributed by atoms with Crippen LogP contribution in [-0.2, 0) is 6.54 Å². The lowest BCUT2D eigenvalue weighted by molar-refractivity contribution is 0.190. The van der Waals surface area contributed by atoms with Gasteiger partial charge in [-0.05, 0) is 63.5 Å². The van der Waals surface area contributed by atoms with Crippen molar-refractivity contribution in [2.24, 2.45) is 5.92 Å². The smallest absolute Gasteiger partial charge is 0.121 e. The van der Waals surface area contributed by atoms with Gasteiger partial charge in [0.2, 0.25) is 0 Å². The van der Waals surface area contributed by atoms with Gasteiger partial charge in [-0.3, -0.25) is 0 Å². The molecule has 0 spiro atoms. The van der Waals surface area contributed by atoms with Gasteiger partial charge in [-0.1, -0.05) is 24.6 Å². The van der Waals surface area contributed by atoms with Gasteiger partial charge in [0.1, 0.15) is 5.75 Å². The second kappa shape index (κ2) is 7.87. The number of halogens is 1. The molecular formula is C16H25ClN2O. The summed E-state index contributed by atoms with van der Waals surface area (Å²) in [5, 5.41) is 13.7. The lowest BCUT2D eigenvalue weighted by Gasteiger charge is -2.30. The van der Waals surface area contributed by atoms with Crippen molar-refractivity contribution >= 4 is 11.6 Å². The number of hydrogen-bond acceptors (Lipinski definition) is 3. The molecule has 2 rings (SSSR count). The molecular weight excluding hydrogens is 272 g/mol. The van der Waals surface area contributed by atoms with Gasteiger partial charge in [0.05, 0.1) is 0 Å². The number of hydrogen-bond donors (Lipinski definition) is 2. The van der Waals surface area contributed by atoms with Crippen molar-refractivity contribution in [2.75, 3.05) is 26.2 Å². The predicted molar refractivity (Wildman–Crippen MR) is 84.3 cm³/mol. The van der Waals surface area contributed by atoms with Crippen molar-refractivity contribution in [2.45, 2.75) is 32.7 Å². The van der Waals surface area contributed by atoms with Gasteiger partial charge in [-0.25, -0.2) is 0 Å². The van der Waals surface area contributed by atoms with Crippen LogP contribution in [0.25, 0.3) is 0 Å². The SMILES string of the molecule is CC1CCN(CCCNCc2c(O)cccc2Cl)CC1. The molecule has 0 aliphatic carbocycles. The van der Waals surface area contributed by atoms with Gasteiger partial charge in [0, 0.05) is 17.1 Å². The van der Waals surface area contributed by atoms with Gasteiger partial charge in [0.15, 0.2) is 0 Å². The van der Waals surface area contributed by atoms with Crippen molar-refractivity contribution in [1.82, 2.24) is 10.2 Å². The Labute approximate surface area is 126 Å². The van der Waals surface area contributed by atoms with E-state index in [1.165, 1.54) is 25.9 Å². The zero-order valence-electron chi connectivity index (χ0n) is 12.2. The second-order valence-electron chi connectivity index (χ2n) is 5.79. The summed E-state index contributed by atoms with van der Waals surface area (Å²) in [5.41, 5.74) is 0.793. The number of benzene rings is 1. The molecule has 1 fully saturated rings. The maximum Gasteiger partial charge on any atom is 0.121 e. The molecule has 1 aliphatic heterocycles. The molecule has 1 aromatic rings. The van der Waals surface area contributed by atoms with Crippen LogP contribution in [0.15, 0.2) is 18.2 Å². The van der Waals surface area contributed by atoms with Gasteiger partial charge in [-0.15, -0.1) is 0 Å². The molecule has 1 heterocycles. The van der Waals surface area contributed by atoms with E-state index < -0.39 is 0 Å². The molecule has 2 N–H and O–H groups in total. The number of piperidine rings is 1. The number of nitrogens with zero attached hydrogens (tertiary/aromatic N) is 1. The summed E-state index contributed by atoms with van der Waals surface area (Å²) in [6.45, 7) is 7.57. The minimum Gasteiger partial charge on any atom is -0.508 e. The van der Waals surface area contributed by atoms with E-state index in [0.717, 1.165) is 31.0 Å². The number of likely N-dealkylation sites (tertiary alicyclic amines) is 1. The second-order valence-corrected chi connectivity index (χ2v) is 6.20. The first-order chi connectivity index (χ1) is 9.66. The number of aromatic hydroxyl groups is 1. The zero-order chi connectivity index (χ0) is 14.4. The maximum atomic E-state index is 9.74. The Kier molecular flexibility index (Phi) is 6.14. The number of nitrogens with one attached hydrogen (secondary N) is 1. The highest BCUT2D eigenvalue weighted by Crippen LogP contribution is 2.24. The van der Waals surface area contributed by atoms with Crippen LogP contribution in [0.1, 0.15) is 31.7 Å². The highest BCUT2D eigenvalue weighted by molar-refractivity contribution is 6.31. The van der Waals surface area contributed by atoms with E-state index in [9.17, 15) is 5.11 Å². The fraction of sp³-hybridized carbons (Fsp3) is 0.625. The van der Waals surface area contributed by atoms with E-state index in [1.807, 2.05) is 6.07 Å². The minimum atomic E-state index is 0.273. The lowest BCUT2D eigenvalue weighted by Crippen LogP contribution is -2.34. The molecule has 0 aromatic heterocycles. The van der Waals surface area contributed by atoms with E-state index in [0.29, 0.717) is 11.6 Å². The molecule has 4 heteroatoms. The van der Waals surface area contributed by atoms with Crippen molar-refractivity contribution < 1.29 is 5.11 Å². The summed E-state index contributed by atoms with van der Waals surface area (Å²) < 4.78 is 0. The molecule has 1 aliphatic rings. The third-order valence-corrected chi connectivity index (χ3v) is 4.45. The Balaban J connectivity index is 1.62. The topological polar surface area (TPSA) is 35.5 Å². The maximum absolute atomic E-state index is 9.74. The number of phenols is 1. The Bertz CT molecular complexity index is 397. The van der Waals surface area contributed by atoms with E-state index in [-0.39, 0.29) is 5.75 Å². The highest BCUT2D eigenvalue weighted by Gasteiger charge is 2.14. The van der Waals surface area contributed by atoms with Gasteiger partial charge >= 0.3 is 0 Å². The summed E-state index contributed by atoms with van der Waals surface area (Å²) >= 11 is 6.07. The predicted octanol–water partition coefficient (Wildman–Crippen LogP) is 3.26. The normalized spacial score (nSPS) is 17.5. The van der Waals surface area contributed by atoms with Crippen LogP contribution >= 0.6 is 11.6 Å². The van der Waals surface area contributed by atoms with Crippen LogP contribution in [0.2, 0.25) is 5.02 Å². The van der Waals surface area contributed by atoms with E-state index in [2.05, 4.69) is 17.1 Å². The molecule has 0 atom stereocenters. The average Bonchev–Trinajstić information content (AvgIpc) is 2.43. The quantitative estimate of drug-likeness (QED) is 0.791. The fourth-order valence-electron chi connectivity index (χ4n) is 2.65. The van der Waals surface area contributed by atoms with Gasteiger partial charge in [-0.2, -0.15) is 0 Å². The van der Waals surface area contributed by atoms with E-state index >= 15 is 0 Å². The monoisotopic (exact) mass is 296 g/mol. The van der Waals surface area contributed by atoms with Crippen molar-refractivity contribution in [3.8, 4) is 5.75 Å². The summed E-state index contributed by atoms with van der Waals surface area (Å²) in [5.74, 6) is 1.17. The van der Waals surface area contributed by atoms with Crippen LogP contribution < -0.4 is 5.32 Å². The van der Waals surface area contributed by atoms with Gasteiger partial charge < -0.3 is 15.3 Å². The lowest BCUT2D eigenvalue weighted by atomic mass is 9.99. The van der Waals surface area contributed by atoms with Crippen LogP contribution in [0.3, 0.4) is 0 Å². The molecule has 0 saturated carbocycles. The third-order valence-electron chi connectivity index (χ3n) is 4.10. The van der Waals surface area contributed by atoms with Crippen LogP contribution in [-0.4, -0.2) is 36.2 Å². The fourth-order valence-corrected chi connectivity index (χ4v) is 2.89. The van der Waals surface area contributed by atoms with E-state index in [1.54, 1.807) is 12.1 Å². The Morgan fingerprint density at radius 3 is 2.80 bits per heavy atom. The Morgan fingerprint density at radius 2 is 2.10 bits per heavy atom. The molecule has 1 saturated heterocycles. The Hall–Kier alpha value is -0.770. The molecule has 0 amide bonds. The summed E-state index contributed by atoms with van der Waals surface area (Å²) in [4.78, 5) is 2.55. The molecule has 1 aromatic carbocycles. The summed E-state index contributed by atoms with van der Waals surface area (Å²) in [7, 11) is 0. The van der Waals surface area contributed by atoms with Crippen molar-refractivity contribution in [3.63, 3.8) is 0 Å². The molecule has 3 nitrogen and oxygen atoms in total. The largest absolute Gasteiger partial charge is 0.508 e. The average molecular weight is 297 g/mol. The highest BCUT2D eigenvalue weighted by atomic mass is 35.5. The number of rotatable bonds is 6. The summed E-state index contributed by atoms with van der Waals surface area (Å²) in [6.07, 6.45) is 3.81. The van der Waals surface area contributed by atoms with Gasteiger partial charge in [0.25, 0.3) is 0 Å². The van der Waals surface area contributed by atoms with Crippen LogP contribution in [0.4, 0.5) is 0 Å². The third kappa shape index (κ3) is 4.65. The van der Waals surface area contributed by atoms with Crippen LogP contribution in [0, 0.1) is 5.92 Å².